The summed E-state index contributed by atoms with van der Waals surface area (Å²) in [4.78, 5) is 0. The van der Waals surface area contributed by atoms with Gasteiger partial charge in [-0.3, -0.25) is 0 Å². The van der Waals surface area contributed by atoms with E-state index >= 15 is 0 Å². The number of benzene rings is 1. The highest BCUT2D eigenvalue weighted by molar-refractivity contribution is 5.42. The van der Waals surface area contributed by atoms with Crippen molar-refractivity contribution in [1.82, 2.24) is 0 Å². The zero-order valence-corrected chi connectivity index (χ0v) is 7.79. The van der Waals surface area contributed by atoms with Gasteiger partial charge in [0.25, 0.3) is 0 Å². The molecule has 0 radical (unpaired) electrons. The van der Waals surface area contributed by atoms with Gasteiger partial charge in [-0.2, -0.15) is 0 Å². The molecule has 2 nitrogen and oxygen atoms in total. The molecule has 0 bridgehead atoms. The minimum atomic E-state index is -0.439. The third kappa shape index (κ3) is 2.98. The first-order valence-electron chi connectivity index (χ1n) is 4.35. The number of hydrogen-bond donors (Lipinski definition) is 1. The summed E-state index contributed by atoms with van der Waals surface area (Å²) in [5, 5.41) is 0. The van der Waals surface area contributed by atoms with E-state index in [4.69, 9.17) is 16.9 Å². The van der Waals surface area contributed by atoms with Crippen molar-refractivity contribution in [3.63, 3.8) is 0 Å². The lowest BCUT2D eigenvalue weighted by atomic mass is 10.3. The normalized spacial score (nSPS) is 9.43. The van der Waals surface area contributed by atoms with E-state index in [2.05, 4.69) is 5.92 Å². The highest BCUT2D eigenvalue weighted by Gasteiger charge is 2.02. The lowest BCUT2D eigenvalue weighted by molar-refractivity contribution is 0.297. The van der Waals surface area contributed by atoms with Crippen molar-refractivity contribution < 1.29 is 9.13 Å². The van der Waals surface area contributed by atoms with Crippen LogP contribution in [0.2, 0.25) is 0 Å². The lowest BCUT2D eigenvalue weighted by Gasteiger charge is -2.06. The second-order valence-corrected chi connectivity index (χ2v) is 2.85. The molecule has 1 rings (SSSR count). The molecular weight excluding hydrogens is 181 g/mol. The molecule has 1 aromatic rings. The highest BCUT2D eigenvalue weighted by Crippen LogP contribution is 2.19. The third-order valence-corrected chi connectivity index (χ3v) is 1.68. The van der Waals surface area contributed by atoms with Crippen molar-refractivity contribution in [3.05, 3.63) is 24.0 Å². The summed E-state index contributed by atoms with van der Waals surface area (Å²) in [5.74, 6) is 2.26. The van der Waals surface area contributed by atoms with Crippen LogP contribution in [0.3, 0.4) is 0 Å². The molecule has 0 aliphatic carbocycles. The van der Waals surface area contributed by atoms with Gasteiger partial charge < -0.3 is 10.5 Å². The number of rotatable bonds is 4. The predicted octanol–water partition coefficient (Wildman–Crippen LogP) is 2.20. The Morgan fingerprint density at radius 2 is 2.29 bits per heavy atom. The molecule has 3 heteroatoms. The fraction of sp³-hybridized carbons (Fsp3) is 0.273. The van der Waals surface area contributed by atoms with Crippen LogP contribution < -0.4 is 10.5 Å². The van der Waals surface area contributed by atoms with E-state index < -0.39 is 5.82 Å². The van der Waals surface area contributed by atoms with Gasteiger partial charge in [0, 0.05) is 18.2 Å². The summed E-state index contributed by atoms with van der Waals surface area (Å²) < 4.78 is 18.3. The van der Waals surface area contributed by atoms with Crippen LogP contribution in [-0.2, 0) is 0 Å². The Balaban J connectivity index is 2.47. The van der Waals surface area contributed by atoms with E-state index in [9.17, 15) is 4.39 Å². The van der Waals surface area contributed by atoms with Gasteiger partial charge in [-0.15, -0.1) is 12.3 Å². The molecule has 0 heterocycles. The maximum absolute atomic E-state index is 13.1. The van der Waals surface area contributed by atoms with Gasteiger partial charge in [-0.1, -0.05) is 0 Å². The summed E-state index contributed by atoms with van der Waals surface area (Å²) in [7, 11) is 0. The zero-order valence-electron chi connectivity index (χ0n) is 7.79. The molecule has 14 heavy (non-hydrogen) atoms. The molecule has 0 aromatic heterocycles. The molecule has 0 spiro atoms. The van der Waals surface area contributed by atoms with Crippen LogP contribution >= 0.6 is 0 Å². The average Bonchev–Trinajstić information content (AvgIpc) is 2.15. The average molecular weight is 193 g/mol. The topological polar surface area (TPSA) is 35.2 Å². The molecule has 74 valence electrons. The second kappa shape index (κ2) is 5.13. The monoisotopic (exact) mass is 193 g/mol. The molecule has 0 fully saturated rings. The van der Waals surface area contributed by atoms with Gasteiger partial charge >= 0.3 is 0 Å². The number of nitrogens with two attached hydrogens (primary N) is 1. The lowest BCUT2D eigenvalue weighted by Crippen LogP contribution is -1.99. The van der Waals surface area contributed by atoms with Crippen molar-refractivity contribution in [1.29, 1.82) is 0 Å². The van der Waals surface area contributed by atoms with Crippen LogP contribution in [0.4, 0.5) is 10.1 Å². The minimum absolute atomic E-state index is 0.219. The van der Waals surface area contributed by atoms with E-state index in [0.29, 0.717) is 18.7 Å². The molecular formula is C11H12FNO. The number of anilines is 1. The van der Waals surface area contributed by atoms with Gasteiger partial charge in [0.2, 0.25) is 0 Å². The maximum atomic E-state index is 13.1. The largest absolute Gasteiger partial charge is 0.490 e. The molecule has 0 saturated carbocycles. The Labute approximate surface area is 82.9 Å². The van der Waals surface area contributed by atoms with E-state index in [1.807, 2.05) is 0 Å². The molecule has 1 aromatic carbocycles. The molecule has 0 amide bonds. The van der Waals surface area contributed by atoms with E-state index in [1.54, 1.807) is 6.07 Å². The highest BCUT2D eigenvalue weighted by atomic mass is 19.1. The van der Waals surface area contributed by atoms with Crippen LogP contribution in [0, 0.1) is 18.2 Å². The van der Waals surface area contributed by atoms with Gasteiger partial charge in [-0.05, 0) is 18.6 Å². The van der Waals surface area contributed by atoms with Crippen LogP contribution in [0.25, 0.3) is 0 Å². The van der Waals surface area contributed by atoms with Crippen molar-refractivity contribution in [2.75, 3.05) is 12.3 Å². The fourth-order valence-electron chi connectivity index (χ4n) is 0.991. The second-order valence-electron chi connectivity index (χ2n) is 2.85. The Morgan fingerprint density at radius 3 is 2.93 bits per heavy atom. The predicted molar refractivity (Wildman–Crippen MR) is 54.4 cm³/mol. The van der Waals surface area contributed by atoms with Gasteiger partial charge in [0.05, 0.1) is 6.61 Å². The summed E-state index contributed by atoms with van der Waals surface area (Å²) >= 11 is 0. The smallest absolute Gasteiger partial charge is 0.167 e. The molecule has 0 aliphatic heterocycles. The Hall–Kier alpha value is -1.69. The van der Waals surface area contributed by atoms with E-state index in [-0.39, 0.29) is 5.75 Å². The Morgan fingerprint density at radius 1 is 1.50 bits per heavy atom. The quantitative estimate of drug-likeness (QED) is 0.452. The summed E-state index contributed by atoms with van der Waals surface area (Å²) in [6.45, 7) is 0.422. The maximum Gasteiger partial charge on any atom is 0.167 e. The van der Waals surface area contributed by atoms with E-state index in [0.717, 1.165) is 6.42 Å². The van der Waals surface area contributed by atoms with Crippen LogP contribution in [0.5, 0.6) is 5.75 Å². The van der Waals surface area contributed by atoms with Gasteiger partial charge in [-0.25, -0.2) is 4.39 Å². The number of nitrogen functional groups attached to an aromatic ring is 1. The van der Waals surface area contributed by atoms with Crippen molar-refractivity contribution in [2.24, 2.45) is 0 Å². The van der Waals surface area contributed by atoms with Crippen molar-refractivity contribution in [2.45, 2.75) is 12.8 Å². The number of ether oxygens (including phenoxy) is 1. The molecule has 0 unspecified atom stereocenters. The fourth-order valence-corrected chi connectivity index (χ4v) is 0.991. The number of halogens is 1. The molecule has 0 aliphatic rings. The van der Waals surface area contributed by atoms with E-state index in [1.165, 1.54) is 12.1 Å². The Bertz CT molecular complexity index is 344. The number of terminal acetylenes is 1. The first kappa shape index (κ1) is 10.4. The summed E-state index contributed by atoms with van der Waals surface area (Å²) in [6.07, 6.45) is 6.42. The first-order chi connectivity index (χ1) is 6.74. The molecule has 2 N–H and O–H groups in total. The zero-order chi connectivity index (χ0) is 10.4. The van der Waals surface area contributed by atoms with Crippen LogP contribution in [0.1, 0.15) is 12.8 Å². The minimum Gasteiger partial charge on any atom is -0.490 e. The molecule has 0 saturated heterocycles. The first-order valence-corrected chi connectivity index (χ1v) is 4.35. The van der Waals surface area contributed by atoms with Gasteiger partial charge in [0.15, 0.2) is 11.6 Å². The van der Waals surface area contributed by atoms with Crippen molar-refractivity contribution in [3.8, 4) is 18.1 Å². The van der Waals surface area contributed by atoms with Crippen LogP contribution in [-0.4, -0.2) is 6.61 Å². The number of unbranched alkanes of at least 4 members (excludes halogenated alkanes) is 1. The third-order valence-electron chi connectivity index (χ3n) is 1.68. The summed E-state index contributed by atoms with van der Waals surface area (Å²) in [5.41, 5.74) is 5.77. The molecule has 0 atom stereocenters. The Kier molecular flexibility index (Phi) is 3.81. The standard InChI is InChI=1S/C11H12FNO/c1-2-3-4-7-14-11-6-5-9(13)8-10(11)12/h1,5-6,8H,3-4,7,13H2. The van der Waals surface area contributed by atoms with Crippen LogP contribution in [0.15, 0.2) is 18.2 Å². The van der Waals surface area contributed by atoms with Crippen molar-refractivity contribution >= 4 is 5.69 Å². The summed E-state index contributed by atoms with van der Waals surface area (Å²) in [6, 6.07) is 4.34. The van der Waals surface area contributed by atoms with Gasteiger partial charge in [0.1, 0.15) is 0 Å². The number of hydrogen-bond acceptors (Lipinski definition) is 2. The SMILES string of the molecule is C#CCCCOc1ccc(N)cc1F.